The molecule has 7 rings (SSSR count). The van der Waals surface area contributed by atoms with Crippen LogP contribution in [-0.2, 0) is 35.4 Å². The Labute approximate surface area is 367 Å². The number of halogens is 2. The Kier molecular flexibility index (Phi) is 14.5. The van der Waals surface area contributed by atoms with Crippen LogP contribution in [0.4, 0.5) is 25.0 Å². The molecule has 0 aliphatic carbocycles. The fourth-order valence-corrected chi connectivity index (χ4v) is 8.36. The number of hydrogen-bond acceptors (Lipinski definition) is 13. The number of aliphatic hydroxyl groups excluding tert-OH is 1. The van der Waals surface area contributed by atoms with Crippen LogP contribution in [0.1, 0.15) is 51.4 Å². The van der Waals surface area contributed by atoms with Crippen LogP contribution in [0, 0.1) is 17.6 Å². The molecule has 3 aromatic carbocycles. The zero-order chi connectivity index (χ0) is 45.6. The number of phosphoric acid groups is 1. The van der Waals surface area contributed by atoms with E-state index in [0.29, 0.717) is 24.3 Å². The van der Waals surface area contributed by atoms with Crippen LogP contribution >= 0.6 is 7.82 Å². The highest BCUT2D eigenvalue weighted by atomic mass is 31.2. The monoisotopic (exact) mass is 913 g/mol. The predicted octanol–water partition coefficient (Wildman–Crippen LogP) is 4.25. The number of phosphoric ester groups is 1. The number of carbonyl (C=O) groups excluding carboxylic acids is 1. The molecule has 64 heavy (non-hydrogen) atoms. The summed E-state index contributed by atoms with van der Waals surface area (Å²) < 4.78 is 72.8. The maximum absolute atomic E-state index is 15.4. The Bertz CT molecular complexity index is 2460. The Morgan fingerprint density at radius 2 is 1.62 bits per heavy atom. The fourth-order valence-electron chi connectivity index (χ4n) is 8.05. The lowest BCUT2D eigenvalue weighted by Gasteiger charge is -2.37. The third-order valence-corrected chi connectivity index (χ3v) is 11.9. The van der Waals surface area contributed by atoms with Crippen LogP contribution in [0.15, 0.2) is 90.5 Å². The zero-order valence-electron chi connectivity index (χ0n) is 35.6. The average molecular weight is 914 g/mol. The summed E-state index contributed by atoms with van der Waals surface area (Å²) in [6.45, 7) is 7.82. The SMILES string of the molecule is CC[C@@H]([C@H](C)O)n1ncn(-c2ccc(N3CCN(c4ccc(OC[C@@H]5CO[C@@](Cn6c[n+](C(C)OC(=O)OCCOP(=O)(O)O)cn6)(c6ccc(F)cc6F)C5)cc4)CC3)cc2)c1=O. The van der Waals surface area contributed by atoms with E-state index < -0.39 is 62.8 Å². The van der Waals surface area contributed by atoms with Crippen LogP contribution < -0.4 is 24.8 Å². The Morgan fingerprint density at radius 1 is 0.969 bits per heavy atom. The number of piperazine rings is 1. The maximum Gasteiger partial charge on any atom is 0.511 e. The smallest absolute Gasteiger partial charge is 0.493 e. The summed E-state index contributed by atoms with van der Waals surface area (Å²) in [5.74, 6) is -1.00. The molecule has 2 fully saturated rings. The van der Waals surface area contributed by atoms with Gasteiger partial charge in [-0.3, -0.25) is 4.52 Å². The molecule has 1 unspecified atom stereocenters. The molecule has 0 saturated carbocycles. The van der Waals surface area contributed by atoms with Crippen molar-refractivity contribution >= 4 is 25.4 Å². The van der Waals surface area contributed by atoms with E-state index in [1.165, 1.54) is 56.5 Å². The van der Waals surface area contributed by atoms with Crippen LogP contribution in [0.2, 0.25) is 0 Å². The van der Waals surface area contributed by atoms with Gasteiger partial charge < -0.3 is 43.6 Å². The molecule has 5 aromatic rings. The zero-order valence-corrected chi connectivity index (χ0v) is 36.5. The largest absolute Gasteiger partial charge is 0.511 e. The number of nitrogens with zero attached hydrogens (tertiary/aromatic N) is 8. The molecule has 2 saturated heterocycles. The van der Waals surface area contributed by atoms with Gasteiger partial charge in [0.25, 0.3) is 6.33 Å². The third-order valence-electron chi connectivity index (χ3n) is 11.3. The highest BCUT2D eigenvalue weighted by molar-refractivity contribution is 7.46. The molecule has 0 spiro atoms. The van der Waals surface area contributed by atoms with Crippen LogP contribution in [-0.4, -0.2) is 104 Å². The van der Waals surface area contributed by atoms with Crippen LogP contribution in [0.25, 0.3) is 5.69 Å². The molecule has 5 atom stereocenters. The van der Waals surface area contributed by atoms with E-state index in [1.54, 1.807) is 6.92 Å². The molecule has 344 valence electrons. The van der Waals surface area contributed by atoms with Crippen molar-refractivity contribution in [2.75, 3.05) is 62.4 Å². The van der Waals surface area contributed by atoms with Gasteiger partial charge in [-0.25, -0.2) is 32.2 Å². The van der Waals surface area contributed by atoms with Crippen molar-refractivity contribution in [1.29, 1.82) is 0 Å². The second-order valence-corrected chi connectivity index (χ2v) is 17.0. The molecule has 22 heteroatoms. The number of carbonyl (C=O) groups is 1. The van der Waals surface area contributed by atoms with Gasteiger partial charge in [0.15, 0.2) is 0 Å². The van der Waals surface area contributed by atoms with Gasteiger partial charge in [-0.05, 0) is 74.4 Å². The summed E-state index contributed by atoms with van der Waals surface area (Å²) in [4.78, 5) is 47.3. The number of benzene rings is 3. The number of anilines is 2. The van der Waals surface area contributed by atoms with E-state index in [9.17, 15) is 23.7 Å². The van der Waals surface area contributed by atoms with Crippen molar-refractivity contribution in [3.8, 4) is 11.4 Å². The number of rotatable bonds is 18. The van der Waals surface area contributed by atoms with Gasteiger partial charge in [0.05, 0.1) is 37.7 Å². The second kappa shape index (κ2) is 20.0. The first-order chi connectivity index (χ1) is 30.6. The minimum absolute atomic E-state index is 0.0298. The van der Waals surface area contributed by atoms with Crippen molar-refractivity contribution in [1.82, 2.24) is 24.1 Å². The summed E-state index contributed by atoms with van der Waals surface area (Å²) >= 11 is 0. The molecule has 0 amide bonds. The van der Waals surface area contributed by atoms with E-state index in [4.69, 9.17) is 28.7 Å². The first-order valence-electron chi connectivity index (χ1n) is 20.8. The molecule has 0 radical (unpaired) electrons. The summed E-state index contributed by atoms with van der Waals surface area (Å²) in [6, 6.07) is 18.6. The van der Waals surface area contributed by atoms with Crippen LogP contribution in [0.3, 0.4) is 0 Å². The fraction of sp³-hybridized carbons (Fsp3) is 0.452. The van der Waals surface area contributed by atoms with Crippen LogP contribution in [0.5, 0.6) is 5.75 Å². The minimum atomic E-state index is -4.71. The molecule has 2 aliphatic rings. The summed E-state index contributed by atoms with van der Waals surface area (Å²) in [7, 11) is -4.71. The lowest BCUT2D eigenvalue weighted by atomic mass is 9.87. The van der Waals surface area contributed by atoms with Gasteiger partial charge in [-0.15, -0.1) is 4.68 Å². The first-order valence-corrected chi connectivity index (χ1v) is 22.4. The third kappa shape index (κ3) is 11.1. The molecule has 19 nitrogen and oxygen atoms in total. The van der Waals surface area contributed by atoms with E-state index in [2.05, 4.69) is 24.5 Å². The van der Waals surface area contributed by atoms with Crippen molar-refractivity contribution in [3.63, 3.8) is 0 Å². The summed E-state index contributed by atoms with van der Waals surface area (Å²) in [6.07, 6.45) is 2.57. The Balaban J connectivity index is 0.914. The van der Waals surface area contributed by atoms with E-state index in [-0.39, 0.29) is 36.9 Å². The average Bonchev–Trinajstić information content (AvgIpc) is 4.01. The predicted molar refractivity (Wildman–Crippen MR) is 225 cm³/mol. The maximum atomic E-state index is 15.4. The number of aliphatic hydroxyl groups is 1. The highest BCUT2D eigenvalue weighted by Gasteiger charge is 2.46. The molecule has 2 aromatic heterocycles. The second-order valence-electron chi connectivity index (χ2n) is 15.8. The molecule has 4 heterocycles. The van der Waals surface area contributed by atoms with Gasteiger partial charge in [0.2, 0.25) is 12.6 Å². The van der Waals surface area contributed by atoms with E-state index >= 15 is 4.39 Å². The number of ether oxygens (including phenoxy) is 4. The Hall–Kier alpha value is -5.70. The molecular weight excluding hydrogens is 861 g/mol. The molecule has 3 N–H and O–H groups in total. The van der Waals surface area contributed by atoms with Gasteiger partial charge in [-0.1, -0.05) is 13.0 Å². The highest BCUT2D eigenvalue weighted by Crippen LogP contribution is 2.42. The summed E-state index contributed by atoms with van der Waals surface area (Å²) in [5.41, 5.74) is 1.42. The Morgan fingerprint density at radius 3 is 2.25 bits per heavy atom. The topological polar surface area (TPSA) is 209 Å². The van der Waals surface area contributed by atoms with E-state index in [0.717, 1.165) is 43.6 Å². The number of aromatic nitrogens is 6. The summed E-state index contributed by atoms with van der Waals surface area (Å²) in [5, 5.41) is 18.7. The quantitative estimate of drug-likeness (QED) is 0.0486. The normalized spacial score (nSPS) is 19.3. The number of hydrogen-bond donors (Lipinski definition) is 3. The molecular formula is C42H52F2N8O11P+. The lowest BCUT2D eigenvalue weighted by molar-refractivity contribution is -0.754. The van der Waals surface area contributed by atoms with Crippen molar-refractivity contribution < 1.29 is 61.1 Å². The standard InChI is InChI=1S/C42H51F2N8O11P/c1-4-39(29(2)53)52-40(54)51(27-46-52)35-8-6-33(7-9-35)47-15-17-48(18-16-47)34-10-12-36(13-11-34)60-23-31-22-42(61-24-31,37-14-5-32(43)21-38(37)44)25-50-28-49(26-45-50)30(3)63-41(55)59-19-20-62-64(56,57)58/h5-14,21,26-31,39,53H,4,15-20,22-25H2,1-3H3,(H-,56,57,58)/p+1/t29-,30?,31+,39-,42-/m0/s1. The van der Waals surface area contributed by atoms with Gasteiger partial charge in [-0.2, -0.15) is 9.67 Å². The lowest BCUT2D eigenvalue weighted by Crippen LogP contribution is -2.46. The van der Waals surface area contributed by atoms with E-state index in [1.807, 2.05) is 55.5 Å². The van der Waals surface area contributed by atoms with Gasteiger partial charge in [0.1, 0.15) is 42.5 Å². The minimum Gasteiger partial charge on any atom is -0.493 e. The van der Waals surface area contributed by atoms with Crippen molar-refractivity contribution in [2.45, 2.75) is 64.1 Å². The van der Waals surface area contributed by atoms with Crippen molar-refractivity contribution in [2.24, 2.45) is 5.92 Å². The van der Waals surface area contributed by atoms with Crippen molar-refractivity contribution in [3.05, 3.63) is 113 Å². The van der Waals surface area contributed by atoms with Gasteiger partial charge >= 0.3 is 19.7 Å². The first kappa shape index (κ1) is 46.3. The van der Waals surface area contributed by atoms with Gasteiger partial charge in [0, 0.05) is 67.1 Å². The molecule has 2 aliphatic heterocycles. The molecule has 0 bridgehead atoms.